The van der Waals surface area contributed by atoms with Crippen molar-refractivity contribution in [1.29, 1.82) is 0 Å². The fourth-order valence-electron chi connectivity index (χ4n) is 2.31. The van der Waals surface area contributed by atoms with Gasteiger partial charge in [0.1, 0.15) is 5.75 Å². The molecule has 26 heavy (non-hydrogen) atoms. The average molecular weight is 356 g/mol. The van der Waals surface area contributed by atoms with Crippen LogP contribution in [0.5, 0.6) is 5.75 Å². The zero-order valence-electron chi connectivity index (χ0n) is 15.3. The molecule has 1 aromatic carbocycles. The minimum absolute atomic E-state index is 0.251. The molecular formula is C19H24N4O3. The van der Waals surface area contributed by atoms with Gasteiger partial charge in [0, 0.05) is 37.6 Å². The van der Waals surface area contributed by atoms with Gasteiger partial charge in [0.25, 0.3) is 11.8 Å². The minimum atomic E-state index is -0.300. The van der Waals surface area contributed by atoms with E-state index in [9.17, 15) is 9.59 Å². The highest BCUT2D eigenvalue weighted by molar-refractivity contribution is 5.99. The number of para-hydroxylation sites is 1. The van der Waals surface area contributed by atoms with E-state index in [4.69, 9.17) is 4.74 Å². The van der Waals surface area contributed by atoms with E-state index in [1.807, 2.05) is 43.3 Å². The van der Waals surface area contributed by atoms with Crippen molar-refractivity contribution in [1.82, 2.24) is 20.5 Å². The molecule has 138 valence electrons. The molecule has 2 rings (SSSR count). The highest BCUT2D eigenvalue weighted by Crippen LogP contribution is 2.16. The molecule has 0 aliphatic heterocycles. The van der Waals surface area contributed by atoms with E-state index >= 15 is 0 Å². The van der Waals surface area contributed by atoms with Crippen molar-refractivity contribution in [3.05, 3.63) is 59.4 Å². The molecule has 0 saturated carbocycles. The molecule has 7 nitrogen and oxygen atoms in total. The lowest BCUT2D eigenvalue weighted by atomic mass is 10.1. The Labute approximate surface area is 153 Å². The summed E-state index contributed by atoms with van der Waals surface area (Å²) in [6, 6.07) is 9.00. The zero-order chi connectivity index (χ0) is 18.9. The molecule has 0 saturated heterocycles. The Morgan fingerprint density at radius 1 is 1.08 bits per heavy atom. The largest absolute Gasteiger partial charge is 0.496 e. The van der Waals surface area contributed by atoms with E-state index in [0.717, 1.165) is 12.1 Å². The number of pyridine rings is 1. The van der Waals surface area contributed by atoms with Crippen molar-refractivity contribution in [2.45, 2.75) is 6.54 Å². The van der Waals surface area contributed by atoms with Crippen LogP contribution in [-0.2, 0) is 6.54 Å². The summed E-state index contributed by atoms with van der Waals surface area (Å²) in [5, 5.41) is 5.62. The number of aromatic nitrogens is 1. The van der Waals surface area contributed by atoms with Crippen molar-refractivity contribution in [3.8, 4) is 5.75 Å². The molecule has 1 heterocycles. The maximum absolute atomic E-state index is 12.4. The lowest BCUT2D eigenvalue weighted by Gasteiger charge is -2.11. The van der Waals surface area contributed by atoms with Crippen LogP contribution in [0.4, 0.5) is 0 Å². The molecule has 0 atom stereocenters. The summed E-state index contributed by atoms with van der Waals surface area (Å²) >= 11 is 0. The Morgan fingerprint density at radius 3 is 2.38 bits per heavy atom. The molecule has 0 fully saturated rings. The molecule has 0 spiro atoms. The van der Waals surface area contributed by atoms with Crippen molar-refractivity contribution in [2.75, 3.05) is 34.3 Å². The normalized spacial score (nSPS) is 10.5. The topological polar surface area (TPSA) is 83.6 Å². The van der Waals surface area contributed by atoms with Gasteiger partial charge in [-0.2, -0.15) is 0 Å². The van der Waals surface area contributed by atoms with Gasteiger partial charge in [0.2, 0.25) is 0 Å². The average Bonchev–Trinajstić information content (AvgIpc) is 2.66. The zero-order valence-corrected chi connectivity index (χ0v) is 15.3. The van der Waals surface area contributed by atoms with Crippen molar-refractivity contribution < 1.29 is 14.3 Å². The van der Waals surface area contributed by atoms with E-state index < -0.39 is 0 Å². The van der Waals surface area contributed by atoms with E-state index in [0.29, 0.717) is 30.0 Å². The molecule has 1 aromatic heterocycles. The van der Waals surface area contributed by atoms with Crippen LogP contribution < -0.4 is 15.4 Å². The number of methoxy groups -OCH3 is 1. The second kappa shape index (κ2) is 9.53. The molecule has 0 bridgehead atoms. The van der Waals surface area contributed by atoms with Crippen molar-refractivity contribution in [3.63, 3.8) is 0 Å². The number of nitrogens with one attached hydrogen (secondary N) is 2. The SMILES string of the molecule is COc1ccccc1CNC(=O)c1cncc(C(=O)NCCN(C)C)c1. The Balaban J connectivity index is 1.98. The molecule has 0 radical (unpaired) electrons. The van der Waals surface area contributed by atoms with Gasteiger partial charge in [0.05, 0.1) is 18.2 Å². The number of nitrogens with zero attached hydrogens (tertiary/aromatic N) is 2. The third-order valence-electron chi connectivity index (χ3n) is 3.74. The summed E-state index contributed by atoms with van der Waals surface area (Å²) in [6.45, 7) is 1.58. The molecule has 7 heteroatoms. The van der Waals surface area contributed by atoms with Crippen molar-refractivity contribution >= 4 is 11.8 Å². The van der Waals surface area contributed by atoms with Crippen LogP contribution in [0.2, 0.25) is 0 Å². The quantitative estimate of drug-likeness (QED) is 0.745. The number of hydrogen-bond donors (Lipinski definition) is 2. The molecule has 0 unspecified atom stereocenters. The first-order valence-electron chi connectivity index (χ1n) is 8.29. The van der Waals surface area contributed by atoms with Crippen LogP contribution >= 0.6 is 0 Å². The highest BCUT2D eigenvalue weighted by Gasteiger charge is 2.12. The van der Waals surface area contributed by atoms with Crippen LogP contribution in [0.1, 0.15) is 26.3 Å². The first kappa shape index (κ1) is 19.4. The summed E-state index contributed by atoms with van der Waals surface area (Å²) in [5.74, 6) is 0.157. The first-order chi connectivity index (χ1) is 12.5. The fraction of sp³-hybridized carbons (Fsp3) is 0.316. The maximum Gasteiger partial charge on any atom is 0.253 e. The number of carbonyl (C=O) groups excluding carboxylic acids is 2. The number of benzene rings is 1. The number of carbonyl (C=O) groups is 2. The molecule has 2 N–H and O–H groups in total. The molecule has 2 amide bonds. The fourth-order valence-corrected chi connectivity index (χ4v) is 2.31. The minimum Gasteiger partial charge on any atom is -0.496 e. The molecular weight excluding hydrogens is 332 g/mol. The second-order valence-corrected chi connectivity index (χ2v) is 6.02. The van der Waals surface area contributed by atoms with E-state index in [-0.39, 0.29) is 11.8 Å². The number of ether oxygens (including phenoxy) is 1. The van der Waals surface area contributed by atoms with E-state index in [1.54, 1.807) is 7.11 Å². The molecule has 0 aliphatic carbocycles. The molecule has 2 aromatic rings. The summed E-state index contributed by atoms with van der Waals surface area (Å²) in [5.41, 5.74) is 1.56. The second-order valence-electron chi connectivity index (χ2n) is 6.02. The lowest BCUT2D eigenvalue weighted by Crippen LogP contribution is -2.31. The van der Waals surface area contributed by atoms with Gasteiger partial charge >= 0.3 is 0 Å². The van der Waals surface area contributed by atoms with Crippen LogP contribution in [0, 0.1) is 0 Å². The standard InChI is InChI=1S/C19H24N4O3/c1-23(2)9-8-21-18(24)15-10-16(12-20-11-15)19(25)22-13-14-6-4-5-7-17(14)26-3/h4-7,10-12H,8-9,13H2,1-3H3,(H,21,24)(H,22,25). The smallest absolute Gasteiger partial charge is 0.253 e. The van der Waals surface area contributed by atoms with Gasteiger partial charge in [-0.05, 0) is 26.2 Å². The van der Waals surface area contributed by atoms with E-state index in [1.165, 1.54) is 18.5 Å². The number of amides is 2. The third-order valence-corrected chi connectivity index (χ3v) is 3.74. The number of rotatable bonds is 8. The Bertz CT molecular complexity index is 762. The predicted octanol–water partition coefficient (Wildman–Crippen LogP) is 1.31. The van der Waals surface area contributed by atoms with Crippen LogP contribution in [0.15, 0.2) is 42.7 Å². The lowest BCUT2D eigenvalue weighted by molar-refractivity contribution is 0.0950. The number of likely N-dealkylation sites (N-methyl/N-ethyl adjacent to an activating group) is 1. The van der Waals surface area contributed by atoms with Crippen LogP contribution in [0.3, 0.4) is 0 Å². The summed E-state index contributed by atoms with van der Waals surface area (Å²) in [7, 11) is 5.45. The summed E-state index contributed by atoms with van der Waals surface area (Å²) in [4.78, 5) is 30.5. The van der Waals surface area contributed by atoms with Gasteiger partial charge in [-0.3, -0.25) is 14.6 Å². The Morgan fingerprint density at radius 2 is 1.73 bits per heavy atom. The van der Waals surface area contributed by atoms with Gasteiger partial charge in [-0.25, -0.2) is 0 Å². The van der Waals surface area contributed by atoms with Gasteiger partial charge < -0.3 is 20.3 Å². The van der Waals surface area contributed by atoms with Crippen LogP contribution in [-0.4, -0.2) is 56.0 Å². The van der Waals surface area contributed by atoms with Gasteiger partial charge in [-0.1, -0.05) is 18.2 Å². The third kappa shape index (κ3) is 5.56. The van der Waals surface area contributed by atoms with Gasteiger partial charge in [0.15, 0.2) is 0 Å². The molecule has 0 aliphatic rings. The van der Waals surface area contributed by atoms with Crippen molar-refractivity contribution in [2.24, 2.45) is 0 Å². The first-order valence-corrected chi connectivity index (χ1v) is 8.29. The van der Waals surface area contributed by atoms with Crippen LogP contribution in [0.25, 0.3) is 0 Å². The summed E-state index contributed by atoms with van der Waals surface area (Å²) < 4.78 is 5.27. The maximum atomic E-state index is 12.4. The Hall–Kier alpha value is -2.93. The predicted molar refractivity (Wildman–Crippen MR) is 99.3 cm³/mol. The summed E-state index contributed by atoms with van der Waals surface area (Å²) in [6.07, 6.45) is 2.89. The highest BCUT2D eigenvalue weighted by atomic mass is 16.5. The Kier molecular flexibility index (Phi) is 7.11. The van der Waals surface area contributed by atoms with Gasteiger partial charge in [-0.15, -0.1) is 0 Å². The van der Waals surface area contributed by atoms with E-state index in [2.05, 4.69) is 15.6 Å². The number of hydrogen-bond acceptors (Lipinski definition) is 5. The monoisotopic (exact) mass is 356 g/mol.